The summed E-state index contributed by atoms with van der Waals surface area (Å²) in [6.45, 7) is 6.42. The Bertz CT molecular complexity index is 416. The molecule has 1 aromatic rings. The lowest BCUT2D eigenvalue weighted by Crippen LogP contribution is -2.02. The van der Waals surface area contributed by atoms with Crippen LogP contribution in [-0.4, -0.2) is 11.1 Å². The summed E-state index contributed by atoms with van der Waals surface area (Å²) in [6.07, 6.45) is 1.87. The lowest BCUT2D eigenvalue weighted by atomic mass is 9.92. The van der Waals surface area contributed by atoms with Crippen LogP contribution in [-0.2, 0) is 4.79 Å². The summed E-state index contributed by atoms with van der Waals surface area (Å²) in [5, 5.41) is 8.90. The molecule has 3 atom stereocenters. The molecule has 1 aliphatic rings. The minimum Gasteiger partial charge on any atom is -0.481 e. The van der Waals surface area contributed by atoms with Gasteiger partial charge in [-0.15, -0.1) is 0 Å². The average molecular weight is 232 g/mol. The van der Waals surface area contributed by atoms with Crippen LogP contribution in [0.1, 0.15) is 42.4 Å². The summed E-state index contributed by atoms with van der Waals surface area (Å²) >= 11 is 0. The van der Waals surface area contributed by atoms with Gasteiger partial charge in [0.05, 0.1) is 5.92 Å². The first-order valence-corrected chi connectivity index (χ1v) is 6.28. The van der Waals surface area contributed by atoms with Crippen LogP contribution in [0.5, 0.6) is 0 Å². The Labute approximate surface area is 103 Å². The third-order valence-corrected chi connectivity index (χ3v) is 3.71. The van der Waals surface area contributed by atoms with E-state index in [1.807, 2.05) is 0 Å². The second-order valence-electron chi connectivity index (χ2n) is 5.50. The van der Waals surface area contributed by atoms with Gasteiger partial charge >= 0.3 is 5.97 Å². The van der Waals surface area contributed by atoms with Gasteiger partial charge < -0.3 is 5.11 Å². The van der Waals surface area contributed by atoms with Crippen LogP contribution in [0, 0.1) is 25.7 Å². The SMILES string of the molecule is Cc1cc(C)cc(C(C)CC2CC2C(=O)O)c1. The van der Waals surface area contributed by atoms with E-state index in [-0.39, 0.29) is 5.92 Å². The van der Waals surface area contributed by atoms with Gasteiger partial charge in [-0.25, -0.2) is 0 Å². The van der Waals surface area contributed by atoms with Gasteiger partial charge in [0.15, 0.2) is 0 Å². The van der Waals surface area contributed by atoms with Crippen LogP contribution in [0.25, 0.3) is 0 Å². The highest BCUT2D eigenvalue weighted by atomic mass is 16.4. The molecule has 0 spiro atoms. The molecule has 0 heterocycles. The molecule has 0 aliphatic heterocycles. The Morgan fingerprint density at radius 2 is 1.94 bits per heavy atom. The van der Waals surface area contributed by atoms with E-state index >= 15 is 0 Å². The highest BCUT2D eigenvalue weighted by Crippen LogP contribution is 2.45. The second-order valence-corrected chi connectivity index (χ2v) is 5.50. The van der Waals surface area contributed by atoms with Gasteiger partial charge in [0.1, 0.15) is 0 Å². The molecule has 1 fully saturated rings. The van der Waals surface area contributed by atoms with Crippen molar-refractivity contribution in [3.8, 4) is 0 Å². The predicted molar refractivity (Wildman–Crippen MR) is 68.2 cm³/mol. The molecule has 1 N–H and O–H groups in total. The number of rotatable bonds is 4. The topological polar surface area (TPSA) is 37.3 Å². The number of carboxylic acid groups (broad SMARTS) is 1. The second kappa shape index (κ2) is 4.52. The fourth-order valence-electron chi connectivity index (χ4n) is 2.70. The molecule has 1 aliphatic carbocycles. The van der Waals surface area contributed by atoms with Gasteiger partial charge in [-0.05, 0) is 44.1 Å². The summed E-state index contributed by atoms with van der Waals surface area (Å²) in [5.74, 6) is 0.150. The summed E-state index contributed by atoms with van der Waals surface area (Å²) in [6, 6.07) is 6.61. The van der Waals surface area contributed by atoms with E-state index in [4.69, 9.17) is 5.11 Å². The monoisotopic (exact) mass is 232 g/mol. The van der Waals surface area contributed by atoms with Crippen molar-refractivity contribution in [2.24, 2.45) is 11.8 Å². The molecule has 0 bridgehead atoms. The van der Waals surface area contributed by atoms with E-state index in [9.17, 15) is 4.79 Å². The van der Waals surface area contributed by atoms with Crippen LogP contribution in [0.3, 0.4) is 0 Å². The zero-order valence-corrected chi connectivity index (χ0v) is 10.7. The van der Waals surface area contributed by atoms with Crippen LogP contribution in [0.4, 0.5) is 0 Å². The van der Waals surface area contributed by atoms with Crippen molar-refractivity contribution in [1.82, 2.24) is 0 Å². The van der Waals surface area contributed by atoms with Crippen molar-refractivity contribution < 1.29 is 9.90 Å². The number of benzene rings is 1. The first kappa shape index (κ1) is 12.2. The van der Waals surface area contributed by atoms with Gasteiger partial charge in [0.25, 0.3) is 0 Å². The quantitative estimate of drug-likeness (QED) is 0.862. The molecule has 0 saturated heterocycles. The lowest BCUT2D eigenvalue weighted by molar-refractivity contribution is -0.138. The molecule has 2 rings (SSSR count). The Kier molecular flexibility index (Phi) is 3.23. The van der Waals surface area contributed by atoms with Gasteiger partial charge in [0.2, 0.25) is 0 Å². The van der Waals surface area contributed by atoms with E-state index in [1.165, 1.54) is 16.7 Å². The maximum absolute atomic E-state index is 10.8. The summed E-state index contributed by atoms with van der Waals surface area (Å²) < 4.78 is 0. The number of hydrogen-bond acceptors (Lipinski definition) is 1. The summed E-state index contributed by atoms with van der Waals surface area (Å²) in [4.78, 5) is 10.8. The molecular weight excluding hydrogens is 212 g/mol. The fourth-order valence-corrected chi connectivity index (χ4v) is 2.70. The maximum Gasteiger partial charge on any atom is 0.306 e. The van der Waals surface area contributed by atoms with E-state index in [2.05, 4.69) is 39.0 Å². The molecule has 0 radical (unpaired) electrons. The molecule has 0 amide bonds. The minimum absolute atomic E-state index is 0.0802. The van der Waals surface area contributed by atoms with Crippen LogP contribution >= 0.6 is 0 Å². The zero-order chi connectivity index (χ0) is 12.6. The Balaban J connectivity index is 2.00. The van der Waals surface area contributed by atoms with Gasteiger partial charge in [-0.2, -0.15) is 0 Å². The Morgan fingerprint density at radius 1 is 1.35 bits per heavy atom. The standard InChI is InChI=1S/C15H20O2/c1-9-4-10(2)6-12(5-9)11(3)7-13-8-14(13)15(16)17/h4-6,11,13-14H,7-8H2,1-3H3,(H,16,17). The molecular formula is C15H20O2. The predicted octanol–water partition coefficient (Wildman–Crippen LogP) is 3.52. The van der Waals surface area contributed by atoms with Crippen LogP contribution in [0.15, 0.2) is 18.2 Å². The normalized spacial score (nSPS) is 24.4. The molecule has 1 aromatic carbocycles. The summed E-state index contributed by atoms with van der Waals surface area (Å²) in [7, 11) is 0. The molecule has 17 heavy (non-hydrogen) atoms. The van der Waals surface area contributed by atoms with Crippen LogP contribution < -0.4 is 0 Å². The number of aryl methyl sites for hydroxylation is 2. The number of hydrogen-bond donors (Lipinski definition) is 1. The average Bonchev–Trinajstić information content (AvgIpc) is 2.95. The smallest absolute Gasteiger partial charge is 0.306 e. The van der Waals surface area contributed by atoms with Crippen molar-refractivity contribution >= 4 is 5.97 Å². The number of aliphatic carboxylic acids is 1. The highest BCUT2D eigenvalue weighted by Gasteiger charge is 2.43. The van der Waals surface area contributed by atoms with Crippen molar-refractivity contribution in [2.45, 2.75) is 39.5 Å². The molecule has 92 valence electrons. The minimum atomic E-state index is -0.623. The largest absolute Gasteiger partial charge is 0.481 e. The lowest BCUT2D eigenvalue weighted by Gasteiger charge is -2.13. The fraction of sp³-hybridized carbons (Fsp3) is 0.533. The number of carbonyl (C=O) groups is 1. The molecule has 2 heteroatoms. The van der Waals surface area contributed by atoms with Crippen LogP contribution in [0.2, 0.25) is 0 Å². The van der Waals surface area contributed by atoms with Gasteiger partial charge in [0, 0.05) is 0 Å². The number of carboxylic acids is 1. The zero-order valence-electron chi connectivity index (χ0n) is 10.7. The first-order chi connectivity index (χ1) is 7.97. The Morgan fingerprint density at radius 3 is 2.41 bits per heavy atom. The van der Waals surface area contributed by atoms with Crippen molar-refractivity contribution in [1.29, 1.82) is 0 Å². The molecule has 1 saturated carbocycles. The Hall–Kier alpha value is -1.31. The maximum atomic E-state index is 10.8. The third-order valence-electron chi connectivity index (χ3n) is 3.71. The highest BCUT2D eigenvalue weighted by molar-refractivity contribution is 5.73. The summed E-state index contributed by atoms with van der Waals surface area (Å²) in [5.41, 5.74) is 3.92. The van der Waals surface area contributed by atoms with Crippen molar-refractivity contribution in [2.75, 3.05) is 0 Å². The van der Waals surface area contributed by atoms with Crippen molar-refractivity contribution in [3.63, 3.8) is 0 Å². The van der Waals surface area contributed by atoms with Crippen molar-refractivity contribution in [3.05, 3.63) is 34.9 Å². The van der Waals surface area contributed by atoms with Gasteiger partial charge in [-0.1, -0.05) is 36.2 Å². The first-order valence-electron chi connectivity index (χ1n) is 6.28. The van der Waals surface area contributed by atoms with E-state index < -0.39 is 5.97 Å². The third kappa shape index (κ3) is 2.87. The van der Waals surface area contributed by atoms with E-state index in [0.717, 1.165) is 12.8 Å². The van der Waals surface area contributed by atoms with E-state index in [1.54, 1.807) is 0 Å². The van der Waals surface area contributed by atoms with Gasteiger partial charge in [-0.3, -0.25) is 4.79 Å². The molecule has 0 aromatic heterocycles. The molecule has 3 unspecified atom stereocenters. The van der Waals surface area contributed by atoms with E-state index in [0.29, 0.717) is 11.8 Å². The molecule has 2 nitrogen and oxygen atoms in total.